The van der Waals surface area contributed by atoms with Crippen LogP contribution in [0, 0.1) is 0 Å². The largest absolute Gasteiger partial charge is 0.449 e. The van der Waals surface area contributed by atoms with Crippen LogP contribution in [0.15, 0.2) is 73.1 Å². The lowest BCUT2D eigenvalue weighted by Crippen LogP contribution is -2.29. The van der Waals surface area contributed by atoms with Crippen LogP contribution in [0.5, 0.6) is 0 Å². The smallest absolute Gasteiger partial charge is 0.331 e. The standard InChI is InChI=1S/C25H27N3O3/c1-18(2)22-10-12-23(13-11-22)27-25(30)19(3)31-24(29)14-9-21-15-26-28(17-21)16-20-7-5-4-6-8-20/h4-15,17-19H,16H2,1-3H3,(H,27,30)/b14-9+/t19-/m0/s1. The van der Waals surface area contributed by atoms with Gasteiger partial charge >= 0.3 is 5.97 Å². The molecule has 2 aromatic carbocycles. The Hall–Kier alpha value is -3.67. The van der Waals surface area contributed by atoms with Gasteiger partial charge in [-0.15, -0.1) is 0 Å². The Labute approximate surface area is 182 Å². The molecule has 0 unspecified atom stereocenters. The van der Waals surface area contributed by atoms with Crippen LogP contribution in [0.4, 0.5) is 5.69 Å². The molecule has 1 aromatic heterocycles. The van der Waals surface area contributed by atoms with Crippen LogP contribution in [0.3, 0.4) is 0 Å². The minimum Gasteiger partial charge on any atom is -0.449 e. The number of aromatic nitrogens is 2. The summed E-state index contributed by atoms with van der Waals surface area (Å²) in [5.41, 5.74) is 3.77. The molecule has 1 amide bonds. The number of nitrogens with zero attached hydrogens (tertiary/aromatic N) is 2. The van der Waals surface area contributed by atoms with Crippen LogP contribution in [0.2, 0.25) is 0 Å². The second kappa shape index (κ2) is 10.4. The van der Waals surface area contributed by atoms with Crippen molar-refractivity contribution in [1.82, 2.24) is 9.78 Å². The molecule has 0 spiro atoms. The number of amides is 1. The topological polar surface area (TPSA) is 73.2 Å². The highest BCUT2D eigenvalue weighted by atomic mass is 16.5. The van der Waals surface area contributed by atoms with Gasteiger partial charge in [-0.05, 0) is 42.2 Å². The van der Waals surface area contributed by atoms with Crippen LogP contribution < -0.4 is 5.32 Å². The fraction of sp³-hybridized carbons (Fsp3) is 0.240. The summed E-state index contributed by atoms with van der Waals surface area (Å²) in [5, 5.41) is 7.05. The fourth-order valence-corrected chi connectivity index (χ4v) is 2.95. The van der Waals surface area contributed by atoms with Gasteiger partial charge in [0.1, 0.15) is 0 Å². The minimum atomic E-state index is -0.914. The van der Waals surface area contributed by atoms with E-state index >= 15 is 0 Å². The van der Waals surface area contributed by atoms with Crippen molar-refractivity contribution < 1.29 is 14.3 Å². The van der Waals surface area contributed by atoms with Gasteiger partial charge in [0.05, 0.1) is 12.7 Å². The van der Waals surface area contributed by atoms with E-state index in [2.05, 4.69) is 24.3 Å². The molecule has 6 heteroatoms. The van der Waals surface area contributed by atoms with E-state index in [9.17, 15) is 9.59 Å². The summed E-state index contributed by atoms with van der Waals surface area (Å²) in [7, 11) is 0. The Morgan fingerprint density at radius 1 is 1.06 bits per heavy atom. The quantitative estimate of drug-likeness (QED) is 0.428. The minimum absolute atomic E-state index is 0.380. The van der Waals surface area contributed by atoms with Crippen LogP contribution in [0.25, 0.3) is 6.08 Å². The van der Waals surface area contributed by atoms with E-state index in [1.807, 2.05) is 60.8 Å². The van der Waals surface area contributed by atoms with Gasteiger partial charge in [-0.3, -0.25) is 9.48 Å². The molecule has 0 aliphatic carbocycles. The summed E-state index contributed by atoms with van der Waals surface area (Å²) in [6.07, 6.45) is 5.51. The molecule has 0 saturated carbocycles. The van der Waals surface area contributed by atoms with Crippen LogP contribution >= 0.6 is 0 Å². The van der Waals surface area contributed by atoms with Crippen molar-refractivity contribution in [3.05, 3.63) is 89.8 Å². The van der Waals surface area contributed by atoms with E-state index in [1.54, 1.807) is 23.9 Å². The van der Waals surface area contributed by atoms with E-state index in [4.69, 9.17) is 4.74 Å². The average molecular weight is 418 g/mol. The third kappa shape index (κ3) is 6.67. The maximum Gasteiger partial charge on any atom is 0.331 e. The molecule has 1 heterocycles. The van der Waals surface area contributed by atoms with Gasteiger partial charge in [0.15, 0.2) is 6.10 Å². The number of hydrogen-bond acceptors (Lipinski definition) is 4. The predicted octanol–water partition coefficient (Wildman–Crippen LogP) is 4.64. The molecule has 31 heavy (non-hydrogen) atoms. The van der Waals surface area contributed by atoms with Crippen LogP contribution in [-0.4, -0.2) is 27.8 Å². The Morgan fingerprint density at radius 3 is 2.45 bits per heavy atom. The summed E-state index contributed by atoms with van der Waals surface area (Å²) in [4.78, 5) is 24.4. The maximum atomic E-state index is 12.3. The molecule has 6 nitrogen and oxygen atoms in total. The molecule has 3 rings (SSSR count). The Balaban J connectivity index is 1.49. The fourth-order valence-electron chi connectivity index (χ4n) is 2.95. The SMILES string of the molecule is CC(C)c1ccc(NC(=O)[C@H](C)OC(=O)/C=C/c2cnn(Cc3ccccc3)c2)cc1. The normalized spacial score (nSPS) is 12.1. The zero-order valence-electron chi connectivity index (χ0n) is 18.0. The number of nitrogens with one attached hydrogen (secondary N) is 1. The highest BCUT2D eigenvalue weighted by Crippen LogP contribution is 2.17. The van der Waals surface area contributed by atoms with Crippen molar-refractivity contribution >= 4 is 23.6 Å². The molecule has 0 bridgehead atoms. The number of anilines is 1. The highest BCUT2D eigenvalue weighted by Gasteiger charge is 2.16. The second-order valence-electron chi connectivity index (χ2n) is 7.64. The van der Waals surface area contributed by atoms with E-state index in [0.29, 0.717) is 18.2 Å². The Morgan fingerprint density at radius 2 is 1.77 bits per heavy atom. The summed E-state index contributed by atoms with van der Waals surface area (Å²) in [6.45, 7) is 6.41. The number of benzene rings is 2. The van der Waals surface area contributed by atoms with Crippen molar-refractivity contribution in [2.24, 2.45) is 0 Å². The second-order valence-corrected chi connectivity index (χ2v) is 7.64. The van der Waals surface area contributed by atoms with Crippen molar-refractivity contribution in [2.75, 3.05) is 5.32 Å². The molecule has 0 aliphatic heterocycles. The number of rotatable bonds is 8. The molecule has 0 fully saturated rings. The maximum absolute atomic E-state index is 12.3. The molecule has 0 radical (unpaired) electrons. The molecule has 0 saturated heterocycles. The highest BCUT2D eigenvalue weighted by molar-refractivity contribution is 5.96. The first kappa shape index (κ1) is 22.0. The van der Waals surface area contributed by atoms with E-state index in [0.717, 1.165) is 11.1 Å². The van der Waals surface area contributed by atoms with Crippen molar-refractivity contribution in [2.45, 2.75) is 39.3 Å². The van der Waals surface area contributed by atoms with Gasteiger partial charge < -0.3 is 10.1 Å². The van der Waals surface area contributed by atoms with E-state index in [1.165, 1.54) is 11.6 Å². The molecule has 3 aromatic rings. The van der Waals surface area contributed by atoms with Gasteiger partial charge in [-0.1, -0.05) is 56.3 Å². The molecular formula is C25H27N3O3. The number of ether oxygens (including phenoxy) is 1. The summed E-state index contributed by atoms with van der Waals surface area (Å²) in [6, 6.07) is 17.6. The first-order valence-corrected chi connectivity index (χ1v) is 10.3. The van der Waals surface area contributed by atoms with Gasteiger partial charge in [0.25, 0.3) is 5.91 Å². The van der Waals surface area contributed by atoms with Gasteiger partial charge in [0, 0.05) is 23.5 Å². The lowest BCUT2D eigenvalue weighted by atomic mass is 10.0. The zero-order chi connectivity index (χ0) is 22.2. The summed E-state index contributed by atoms with van der Waals surface area (Å²) >= 11 is 0. The summed E-state index contributed by atoms with van der Waals surface area (Å²) < 4.78 is 7.00. The predicted molar refractivity (Wildman–Crippen MR) is 122 cm³/mol. The first-order chi connectivity index (χ1) is 14.9. The number of hydrogen-bond donors (Lipinski definition) is 1. The lowest BCUT2D eigenvalue weighted by molar-refractivity contribution is -0.148. The van der Waals surface area contributed by atoms with Crippen molar-refractivity contribution in [1.29, 1.82) is 0 Å². The van der Waals surface area contributed by atoms with E-state index < -0.39 is 12.1 Å². The molecular weight excluding hydrogens is 390 g/mol. The van der Waals surface area contributed by atoms with Gasteiger partial charge in [-0.2, -0.15) is 5.10 Å². The Kier molecular flexibility index (Phi) is 7.38. The molecule has 1 N–H and O–H groups in total. The lowest BCUT2D eigenvalue weighted by Gasteiger charge is -2.13. The van der Waals surface area contributed by atoms with Crippen LogP contribution in [-0.2, 0) is 20.9 Å². The third-order valence-corrected chi connectivity index (χ3v) is 4.76. The molecule has 160 valence electrons. The zero-order valence-corrected chi connectivity index (χ0v) is 18.0. The first-order valence-electron chi connectivity index (χ1n) is 10.3. The van der Waals surface area contributed by atoms with Crippen LogP contribution in [0.1, 0.15) is 43.4 Å². The van der Waals surface area contributed by atoms with E-state index in [-0.39, 0.29) is 5.91 Å². The average Bonchev–Trinajstić information content (AvgIpc) is 3.20. The summed E-state index contributed by atoms with van der Waals surface area (Å²) in [5.74, 6) is -0.551. The number of carbonyl (C=O) groups is 2. The Bertz CT molecular complexity index is 1040. The van der Waals surface area contributed by atoms with Crippen molar-refractivity contribution in [3.63, 3.8) is 0 Å². The molecule has 1 atom stereocenters. The van der Waals surface area contributed by atoms with Crippen molar-refractivity contribution in [3.8, 4) is 0 Å². The monoisotopic (exact) mass is 417 g/mol. The number of carbonyl (C=O) groups excluding carboxylic acids is 2. The number of esters is 1. The molecule has 0 aliphatic rings. The van der Waals surface area contributed by atoms with Gasteiger partial charge in [0.2, 0.25) is 0 Å². The third-order valence-electron chi connectivity index (χ3n) is 4.76. The van der Waals surface area contributed by atoms with Gasteiger partial charge in [-0.25, -0.2) is 4.79 Å².